The van der Waals surface area contributed by atoms with Gasteiger partial charge in [-0.15, -0.1) is 0 Å². The molecular weight excluding hydrogens is 292 g/mol. The van der Waals surface area contributed by atoms with Crippen LogP contribution in [-0.2, 0) is 6.54 Å². The fourth-order valence-corrected chi connectivity index (χ4v) is 2.15. The maximum absolute atomic E-state index is 12.4. The van der Waals surface area contributed by atoms with Crippen LogP contribution in [0.25, 0.3) is 0 Å². The van der Waals surface area contributed by atoms with Crippen molar-refractivity contribution in [3.63, 3.8) is 0 Å². The molecule has 23 heavy (non-hydrogen) atoms. The van der Waals surface area contributed by atoms with Crippen LogP contribution in [0.5, 0.6) is 0 Å². The van der Waals surface area contributed by atoms with Gasteiger partial charge in [-0.2, -0.15) is 0 Å². The average molecular weight is 312 g/mol. The number of urea groups is 1. The molecule has 0 aromatic heterocycles. The molecule has 2 aromatic carbocycles. The Morgan fingerprint density at radius 1 is 1.04 bits per heavy atom. The molecular formula is C18H20N2O3. The molecule has 0 unspecified atom stereocenters. The second-order valence-electron chi connectivity index (χ2n) is 5.16. The molecule has 0 aliphatic heterocycles. The molecule has 0 aliphatic rings. The molecule has 0 spiro atoms. The molecule has 2 amide bonds. The van der Waals surface area contributed by atoms with E-state index >= 15 is 0 Å². The minimum Gasteiger partial charge on any atom is -0.478 e. The Kier molecular flexibility index (Phi) is 5.74. The average Bonchev–Trinajstić information content (AvgIpc) is 2.58. The van der Waals surface area contributed by atoms with Gasteiger partial charge in [-0.25, -0.2) is 9.59 Å². The Hall–Kier alpha value is -2.82. The van der Waals surface area contributed by atoms with Gasteiger partial charge in [0.2, 0.25) is 0 Å². The first-order valence-electron chi connectivity index (χ1n) is 7.54. The third-order valence-electron chi connectivity index (χ3n) is 3.38. The van der Waals surface area contributed by atoms with Gasteiger partial charge in [0, 0.05) is 12.2 Å². The zero-order chi connectivity index (χ0) is 16.7. The van der Waals surface area contributed by atoms with Crippen molar-refractivity contribution in [2.45, 2.75) is 19.9 Å². The van der Waals surface area contributed by atoms with E-state index < -0.39 is 5.97 Å². The summed E-state index contributed by atoms with van der Waals surface area (Å²) in [6, 6.07) is 15.8. The van der Waals surface area contributed by atoms with Gasteiger partial charge in [0.05, 0.1) is 12.1 Å². The summed E-state index contributed by atoms with van der Waals surface area (Å²) in [5, 5.41) is 11.8. The molecule has 120 valence electrons. The maximum atomic E-state index is 12.4. The number of hydrogen-bond donors (Lipinski definition) is 2. The monoisotopic (exact) mass is 312 g/mol. The lowest BCUT2D eigenvalue weighted by Crippen LogP contribution is -2.40. The van der Waals surface area contributed by atoms with Crippen LogP contribution in [0.2, 0.25) is 0 Å². The molecule has 0 saturated carbocycles. The smallest absolute Gasteiger partial charge is 0.335 e. The summed E-state index contributed by atoms with van der Waals surface area (Å²) in [5.41, 5.74) is 1.89. The largest absolute Gasteiger partial charge is 0.478 e. The normalized spacial score (nSPS) is 10.1. The Labute approximate surface area is 135 Å². The van der Waals surface area contributed by atoms with Gasteiger partial charge in [-0.3, -0.25) is 4.90 Å². The Morgan fingerprint density at radius 3 is 2.26 bits per heavy atom. The third-order valence-corrected chi connectivity index (χ3v) is 3.38. The number of amides is 2. The molecule has 5 nitrogen and oxygen atoms in total. The topological polar surface area (TPSA) is 69.6 Å². The van der Waals surface area contributed by atoms with Crippen LogP contribution >= 0.6 is 0 Å². The summed E-state index contributed by atoms with van der Waals surface area (Å²) < 4.78 is 0. The highest BCUT2D eigenvalue weighted by atomic mass is 16.4. The summed E-state index contributed by atoms with van der Waals surface area (Å²) >= 11 is 0. The highest BCUT2D eigenvalue weighted by Gasteiger charge is 2.15. The highest BCUT2D eigenvalue weighted by molar-refractivity contribution is 5.92. The van der Waals surface area contributed by atoms with Gasteiger partial charge in [-0.1, -0.05) is 37.3 Å². The van der Waals surface area contributed by atoms with Crippen molar-refractivity contribution >= 4 is 17.7 Å². The lowest BCUT2D eigenvalue weighted by molar-refractivity contribution is 0.0697. The number of carbonyl (C=O) groups is 2. The molecule has 0 saturated heterocycles. The maximum Gasteiger partial charge on any atom is 0.335 e. The SMILES string of the molecule is CCCNC(=O)N(Cc1ccc(C(=O)O)cc1)c1ccccc1. The molecule has 0 fully saturated rings. The zero-order valence-corrected chi connectivity index (χ0v) is 13.0. The van der Waals surface area contributed by atoms with E-state index in [9.17, 15) is 9.59 Å². The summed E-state index contributed by atoms with van der Waals surface area (Å²) in [4.78, 5) is 25.0. The fourth-order valence-electron chi connectivity index (χ4n) is 2.15. The Morgan fingerprint density at radius 2 is 1.70 bits per heavy atom. The molecule has 2 aromatic rings. The summed E-state index contributed by atoms with van der Waals surface area (Å²) in [5.74, 6) is -0.961. The molecule has 2 rings (SSSR count). The molecule has 0 atom stereocenters. The van der Waals surface area contributed by atoms with Crippen molar-refractivity contribution < 1.29 is 14.7 Å². The van der Waals surface area contributed by atoms with E-state index in [-0.39, 0.29) is 11.6 Å². The lowest BCUT2D eigenvalue weighted by atomic mass is 10.1. The van der Waals surface area contributed by atoms with Crippen molar-refractivity contribution in [3.8, 4) is 0 Å². The summed E-state index contributed by atoms with van der Waals surface area (Å²) in [6.07, 6.45) is 0.863. The van der Waals surface area contributed by atoms with Gasteiger partial charge < -0.3 is 10.4 Å². The van der Waals surface area contributed by atoms with Crippen molar-refractivity contribution in [2.75, 3.05) is 11.4 Å². The highest BCUT2D eigenvalue weighted by Crippen LogP contribution is 2.17. The summed E-state index contributed by atoms with van der Waals surface area (Å²) in [7, 11) is 0. The Balaban J connectivity index is 2.20. The number of nitrogens with one attached hydrogen (secondary N) is 1. The van der Waals surface area contributed by atoms with E-state index in [1.165, 1.54) is 0 Å². The number of nitrogens with zero attached hydrogens (tertiary/aromatic N) is 1. The molecule has 0 aliphatic carbocycles. The van der Waals surface area contributed by atoms with Crippen LogP contribution in [0, 0.1) is 0 Å². The van der Waals surface area contributed by atoms with Gasteiger partial charge >= 0.3 is 12.0 Å². The van der Waals surface area contributed by atoms with E-state index in [0.29, 0.717) is 13.1 Å². The van der Waals surface area contributed by atoms with Crippen LogP contribution in [0.4, 0.5) is 10.5 Å². The zero-order valence-electron chi connectivity index (χ0n) is 13.0. The first kappa shape index (κ1) is 16.5. The Bertz CT molecular complexity index is 654. The lowest BCUT2D eigenvalue weighted by Gasteiger charge is -2.23. The molecule has 0 heterocycles. The molecule has 5 heteroatoms. The first-order valence-corrected chi connectivity index (χ1v) is 7.54. The van der Waals surface area contributed by atoms with Crippen molar-refractivity contribution in [2.24, 2.45) is 0 Å². The van der Waals surface area contributed by atoms with Gasteiger partial charge in [0.15, 0.2) is 0 Å². The standard InChI is InChI=1S/C18H20N2O3/c1-2-12-19-18(23)20(16-6-4-3-5-7-16)13-14-8-10-15(11-9-14)17(21)22/h3-11H,2,12-13H2,1H3,(H,19,23)(H,21,22). The number of benzene rings is 2. The van der Waals surface area contributed by atoms with Crippen LogP contribution in [0.3, 0.4) is 0 Å². The minimum absolute atomic E-state index is 0.166. The van der Waals surface area contributed by atoms with Gasteiger partial charge in [0.1, 0.15) is 0 Å². The van der Waals surface area contributed by atoms with E-state index in [1.807, 2.05) is 37.3 Å². The molecule has 0 radical (unpaired) electrons. The van der Waals surface area contributed by atoms with Crippen LogP contribution in [0.1, 0.15) is 29.3 Å². The van der Waals surface area contributed by atoms with E-state index in [0.717, 1.165) is 17.7 Å². The van der Waals surface area contributed by atoms with Crippen LogP contribution < -0.4 is 10.2 Å². The first-order chi connectivity index (χ1) is 11.1. The predicted octanol–water partition coefficient (Wildman–Crippen LogP) is 3.51. The van der Waals surface area contributed by atoms with Gasteiger partial charge in [0.25, 0.3) is 0 Å². The third kappa shape index (κ3) is 4.57. The minimum atomic E-state index is -0.961. The van der Waals surface area contributed by atoms with Crippen molar-refractivity contribution in [1.29, 1.82) is 0 Å². The second kappa shape index (κ2) is 7.98. The summed E-state index contributed by atoms with van der Waals surface area (Å²) in [6.45, 7) is 2.98. The number of anilines is 1. The predicted molar refractivity (Wildman–Crippen MR) is 89.7 cm³/mol. The number of rotatable bonds is 6. The number of para-hydroxylation sites is 1. The molecule has 2 N–H and O–H groups in total. The van der Waals surface area contributed by atoms with Crippen molar-refractivity contribution in [3.05, 3.63) is 65.7 Å². The fraction of sp³-hybridized carbons (Fsp3) is 0.222. The van der Waals surface area contributed by atoms with Gasteiger partial charge in [-0.05, 0) is 36.2 Å². The number of carbonyl (C=O) groups excluding carboxylic acids is 1. The number of aromatic carboxylic acids is 1. The van der Waals surface area contributed by atoms with Crippen molar-refractivity contribution in [1.82, 2.24) is 5.32 Å². The van der Waals surface area contributed by atoms with Crippen LogP contribution in [0.15, 0.2) is 54.6 Å². The number of hydrogen-bond acceptors (Lipinski definition) is 2. The number of carboxylic acid groups (broad SMARTS) is 1. The molecule has 0 bridgehead atoms. The van der Waals surface area contributed by atoms with Crippen LogP contribution in [-0.4, -0.2) is 23.7 Å². The second-order valence-corrected chi connectivity index (χ2v) is 5.16. The number of carboxylic acids is 1. The quantitative estimate of drug-likeness (QED) is 0.857. The van der Waals surface area contributed by atoms with E-state index in [4.69, 9.17) is 5.11 Å². The van der Waals surface area contributed by atoms with E-state index in [2.05, 4.69) is 5.32 Å². The van der Waals surface area contributed by atoms with E-state index in [1.54, 1.807) is 29.2 Å².